The van der Waals surface area contributed by atoms with E-state index in [4.69, 9.17) is 5.73 Å². The number of primary amides is 1. The summed E-state index contributed by atoms with van der Waals surface area (Å²) in [7, 11) is 0. The Bertz CT molecular complexity index is 1020. The normalized spacial score (nSPS) is 12.2. The molecule has 0 radical (unpaired) electrons. The van der Waals surface area contributed by atoms with Crippen LogP contribution in [0.5, 0.6) is 0 Å². The van der Waals surface area contributed by atoms with Gasteiger partial charge in [-0.1, -0.05) is 0 Å². The minimum absolute atomic E-state index is 0.245. The van der Waals surface area contributed by atoms with Crippen molar-refractivity contribution in [1.29, 1.82) is 0 Å². The number of hydrogen-bond donors (Lipinski definition) is 1. The van der Waals surface area contributed by atoms with Crippen LogP contribution in [0.4, 0.5) is 4.39 Å². The van der Waals surface area contributed by atoms with E-state index >= 15 is 0 Å². The minimum Gasteiger partial charge on any atom is -0.366 e. The van der Waals surface area contributed by atoms with Crippen LogP contribution in [0.1, 0.15) is 21.7 Å². The summed E-state index contributed by atoms with van der Waals surface area (Å²) in [4.78, 5) is 28.3. The Hall–Kier alpha value is -3.02. The fraction of sp³-hybridized carbons (Fsp3) is 0.0625. The van der Waals surface area contributed by atoms with E-state index < -0.39 is 11.7 Å². The highest BCUT2D eigenvalue weighted by Crippen LogP contribution is 2.27. The quantitative estimate of drug-likeness (QED) is 0.578. The fourth-order valence-electron chi connectivity index (χ4n) is 2.84. The highest BCUT2D eigenvalue weighted by atomic mass is 19.1. The molecule has 2 heterocycles. The molecule has 1 aliphatic rings. The van der Waals surface area contributed by atoms with Crippen LogP contribution in [0.2, 0.25) is 0 Å². The van der Waals surface area contributed by atoms with Gasteiger partial charge in [-0.05, 0) is 35.9 Å². The number of amides is 1. The van der Waals surface area contributed by atoms with Crippen molar-refractivity contribution >= 4 is 16.8 Å². The molecule has 1 amide bonds. The van der Waals surface area contributed by atoms with Crippen molar-refractivity contribution < 1.29 is 9.18 Å². The predicted octanol–water partition coefficient (Wildman–Crippen LogP) is 1.53. The molecular formula is C16H10FN3O2. The van der Waals surface area contributed by atoms with Gasteiger partial charge in [0.15, 0.2) is 0 Å². The number of hydrogen-bond acceptors (Lipinski definition) is 3. The van der Waals surface area contributed by atoms with E-state index in [0.717, 1.165) is 5.56 Å². The van der Waals surface area contributed by atoms with E-state index in [0.29, 0.717) is 34.4 Å². The van der Waals surface area contributed by atoms with Gasteiger partial charge in [0.2, 0.25) is 5.91 Å². The number of benzene rings is 2. The van der Waals surface area contributed by atoms with Gasteiger partial charge in [-0.2, -0.15) is 0 Å². The molecule has 2 N–H and O–H groups in total. The molecule has 0 spiro atoms. The molecule has 4 rings (SSSR count). The first-order chi connectivity index (χ1) is 10.5. The van der Waals surface area contributed by atoms with E-state index in [1.807, 2.05) is 0 Å². The molecule has 5 nitrogen and oxygen atoms in total. The highest BCUT2D eigenvalue weighted by molar-refractivity contribution is 5.93. The Balaban J connectivity index is 2.02. The van der Waals surface area contributed by atoms with Crippen LogP contribution < -0.4 is 11.3 Å². The van der Waals surface area contributed by atoms with Gasteiger partial charge >= 0.3 is 0 Å². The lowest BCUT2D eigenvalue weighted by molar-refractivity contribution is 0.1000. The molecule has 6 heteroatoms. The number of nitrogens with zero attached hydrogens (tertiary/aromatic N) is 2. The largest absolute Gasteiger partial charge is 0.366 e. The summed E-state index contributed by atoms with van der Waals surface area (Å²) in [5, 5.41) is 0.358. The summed E-state index contributed by atoms with van der Waals surface area (Å²) < 4.78 is 14.8. The lowest BCUT2D eigenvalue weighted by atomic mass is 10.1. The average Bonchev–Trinajstić information content (AvgIpc) is 2.84. The second kappa shape index (κ2) is 4.24. The van der Waals surface area contributed by atoms with Gasteiger partial charge in [-0.15, -0.1) is 0 Å². The van der Waals surface area contributed by atoms with Crippen LogP contribution in [-0.2, 0) is 6.42 Å². The van der Waals surface area contributed by atoms with Crippen molar-refractivity contribution in [1.82, 2.24) is 9.55 Å². The third kappa shape index (κ3) is 1.67. The first-order valence-electron chi connectivity index (χ1n) is 6.69. The van der Waals surface area contributed by atoms with E-state index in [2.05, 4.69) is 4.98 Å². The summed E-state index contributed by atoms with van der Waals surface area (Å²) >= 11 is 0. The smallest absolute Gasteiger partial charge is 0.265 e. The molecule has 22 heavy (non-hydrogen) atoms. The van der Waals surface area contributed by atoms with E-state index in [-0.39, 0.29) is 5.56 Å². The topological polar surface area (TPSA) is 78.0 Å². The maximum atomic E-state index is 13.3. The Kier molecular flexibility index (Phi) is 2.45. The van der Waals surface area contributed by atoms with Gasteiger partial charge < -0.3 is 5.73 Å². The van der Waals surface area contributed by atoms with Crippen molar-refractivity contribution in [2.24, 2.45) is 5.73 Å². The zero-order valence-corrected chi connectivity index (χ0v) is 11.3. The summed E-state index contributed by atoms with van der Waals surface area (Å²) in [6, 6.07) is 8.85. The first-order valence-corrected chi connectivity index (χ1v) is 6.69. The molecule has 108 valence electrons. The third-order valence-corrected chi connectivity index (χ3v) is 3.85. The molecule has 0 bridgehead atoms. The third-order valence-electron chi connectivity index (χ3n) is 3.85. The minimum atomic E-state index is -0.522. The Morgan fingerprint density at radius 2 is 2.05 bits per heavy atom. The van der Waals surface area contributed by atoms with Gasteiger partial charge in [0.1, 0.15) is 11.6 Å². The summed E-state index contributed by atoms with van der Waals surface area (Å²) in [5.74, 6) is -0.429. The van der Waals surface area contributed by atoms with Crippen LogP contribution in [0.15, 0.2) is 41.2 Å². The van der Waals surface area contributed by atoms with Crippen molar-refractivity contribution in [3.05, 3.63) is 69.5 Å². The van der Waals surface area contributed by atoms with Crippen molar-refractivity contribution in [2.75, 3.05) is 0 Å². The van der Waals surface area contributed by atoms with E-state index in [1.54, 1.807) is 18.2 Å². The van der Waals surface area contributed by atoms with E-state index in [9.17, 15) is 14.0 Å². The summed E-state index contributed by atoms with van der Waals surface area (Å²) in [5.41, 5.74) is 7.23. The number of nitrogens with two attached hydrogens (primary N) is 1. The standard InChI is InChI=1S/C16H10FN3O2/c17-10-2-3-11-12(7-10)19-14-6-9-5-8(15(18)21)1-4-13(9)20(14)16(11)22/h1-5,7H,6H2,(H2,18,21). The lowest BCUT2D eigenvalue weighted by Gasteiger charge is -2.06. The van der Waals surface area contributed by atoms with Crippen LogP contribution in [0.25, 0.3) is 16.6 Å². The molecule has 2 aromatic carbocycles. The molecule has 0 saturated heterocycles. The number of carbonyl (C=O) groups is 1. The van der Waals surface area contributed by atoms with Gasteiger partial charge in [0.25, 0.3) is 5.56 Å². The zero-order valence-electron chi connectivity index (χ0n) is 11.3. The van der Waals surface area contributed by atoms with Crippen molar-refractivity contribution in [3.63, 3.8) is 0 Å². The monoisotopic (exact) mass is 295 g/mol. The number of carbonyl (C=O) groups excluding carboxylic acids is 1. The molecule has 1 aliphatic heterocycles. The molecule has 0 aliphatic carbocycles. The number of rotatable bonds is 1. The molecule has 3 aromatic rings. The molecule has 1 aromatic heterocycles. The van der Waals surface area contributed by atoms with Crippen LogP contribution in [0.3, 0.4) is 0 Å². The maximum absolute atomic E-state index is 13.3. The highest BCUT2D eigenvalue weighted by Gasteiger charge is 2.23. The van der Waals surface area contributed by atoms with E-state index in [1.165, 1.54) is 22.8 Å². The summed E-state index contributed by atoms with van der Waals surface area (Å²) in [6.07, 6.45) is 0.401. The summed E-state index contributed by atoms with van der Waals surface area (Å²) in [6.45, 7) is 0. The Labute approximate surface area is 123 Å². The van der Waals surface area contributed by atoms with Gasteiger partial charge in [0, 0.05) is 18.1 Å². The number of halogens is 1. The van der Waals surface area contributed by atoms with Gasteiger partial charge in [-0.3, -0.25) is 14.2 Å². The lowest BCUT2D eigenvalue weighted by Crippen LogP contribution is -2.20. The van der Waals surface area contributed by atoms with Crippen molar-refractivity contribution in [2.45, 2.75) is 6.42 Å². The molecule has 0 saturated carbocycles. The van der Waals surface area contributed by atoms with Crippen molar-refractivity contribution in [3.8, 4) is 5.69 Å². The fourth-order valence-corrected chi connectivity index (χ4v) is 2.84. The Morgan fingerprint density at radius 1 is 1.23 bits per heavy atom. The Morgan fingerprint density at radius 3 is 2.82 bits per heavy atom. The van der Waals surface area contributed by atoms with Gasteiger partial charge in [0.05, 0.1) is 16.6 Å². The molecular weight excluding hydrogens is 285 g/mol. The van der Waals surface area contributed by atoms with Crippen LogP contribution in [0, 0.1) is 5.82 Å². The van der Waals surface area contributed by atoms with Crippen LogP contribution in [-0.4, -0.2) is 15.5 Å². The first kappa shape index (κ1) is 12.7. The van der Waals surface area contributed by atoms with Gasteiger partial charge in [-0.25, -0.2) is 9.37 Å². The number of fused-ring (bicyclic) bond motifs is 4. The SMILES string of the molecule is NC(=O)c1ccc2c(c1)Cc1nc3cc(F)ccc3c(=O)n1-2. The average molecular weight is 295 g/mol. The maximum Gasteiger partial charge on any atom is 0.265 e. The molecule has 0 atom stereocenters. The predicted molar refractivity (Wildman–Crippen MR) is 78.6 cm³/mol. The molecule has 0 unspecified atom stereocenters. The molecule has 0 fully saturated rings. The number of aromatic nitrogens is 2. The second-order valence-corrected chi connectivity index (χ2v) is 5.21. The second-order valence-electron chi connectivity index (χ2n) is 5.21. The van der Waals surface area contributed by atoms with Crippen LogP contribution >= 0.6 is 0 Å². The zero-order chi connectivity index (χ0) is 15.4.